The van der Waals surface area contributed by atoms with E-state index in [9.17, 15) is 0 Å². The maximum Gasteiger partial charge on any atom is 0.231 e. The summed E-state index contributed by atoms with van der Waals surface area (Å²) in [7, 11) is 1.63. The molecule has 2 rings (SSSR count). The van der Waals surface area contributed by atoms with Gasteiger partial charge in [0, 0.05) is 11.6 Å². The van der Waals surface area contributed by atoms with Crippen molar-refractivity contribution in [3.63, 3.8) is 0 Å². The molecule has 0 radical (unpaired) electrons. The van der Waals surface area contributed by atoms with Crippen LogP contribution in [0.3, 0.4) is 0 Å². The summed E-state index contributed by atoms with van der Waals surface area (Å²) in [6, 6.07) is 3.78. The van der Waals surface area contributed by atoms with Gasteiger partial charge >= 0.3 is 0 Å². The number of ether oxygens (including phenoxy) is 3. The Labute approximate surface area is 88.9 Å². The molecule has 1 aliphatic heterocycles. The average molecular weight is 209 g/mol. The SMILES string of the molecule is COc1cc2c(c(C(C)CN)c1)OCO2. The molecule has 0 saturated carbocycles. The minimum Gasteiger partial charge on any atom is -0.497 e. The molecule has 1 unspecified atom stereocenters. The number of benzene rings is 1. The molecule has 0 saturated heterocycles. The second-order valence-electron chi connectivity index (χ2n) is 3.59. The number of hydrogen-bond acceptors (Lipinski definition) is 4. The lowest BCUT2D eigenvalue weighted by Gasteiger charge is -2.13. The zero-order chi connectivity index (χ0) is 10.8. The van der Waals surface area contributed by atoms with E-state index in [-0.39, 0.29) is 12.7 Å². The van der Waals surface area contributed by atoms with Crippen LogP contribution >= 0.6 is 0 Å². The highest BCUT2D eigenvalue weighted by molar-refractivity contribution is 5.54. The van der Waals surface area contributed by atoms with Gasteiger partial charge < -0.3 is 19.9 Å². The molecule has 0 bridgehead atoms. The van der Waals surface area contributed by atoms with Crippen molar-refractivity contribution in [2.24, 2.45) is 5.73 Å². The number of methoxy groups -OCH3 is 1. The van der Waals surface area contributed by atoms with Crippen LogP contribution in [0.4, 0.5) is 0 Å². The van der Waals surface area contributed by atoms with Crippen molar-refractivity contribution in [3.8, 4) is 17.2 Å². The summed E-state index contributed by atoms with van der Waals surface area (Å²) in [6.45, 7) is 2.90. The Morgan fingerprint density at radius 2 is 2.27 bits per heavy atom. The number of hydrogen-bond donors (Lipinski definition) is 1. The summed E-state index contributed by atoms with van der Waals surface area (Å²) in [4.78, 5) is 0. The van der Waals surface area contributed by atoms with Gasteiger partial charge in [0.2, 0.25) is 6.79 Å². The predicted molar refractivity (Wildman–Crippen MR) is 56.6 cm³/mol. The van der Waals surface area contributed by atoms with Gasteiger partial charge in [-0.3, -0.25) is 0 Å². The largest absolute Gasteiger partial charge is 0.497 e. The first kappa shape index (κ1) is 10.1. The maximum atomic E-state index is 5.65. The van der Waals surface area contributed by atoms with Crippen molar-refractivity contribution in [3.05, 3.63) is 17.7 Å². The predicted octanol–water partition coefficient (Wildman–Crippen LogP) is 1.49. The minimum atomic E-state index is 0.232. The van der Waals surface area contributed by atoms with Gasteiger partial charge in [0.25, 0.3) is 0 Å². The topological polar surface area (TPSA) is 53.7 Å². The Balaban J connectivity index is 2.47. The highest BCUT2D eigenvalue weighted by Gasteiger charge is 2.22. The Hall–Kier alpha value is -1.42. The molecule has 1 aliphatic rings. The molecule has 0 fully saturated rings. The molecular formula is C11H15NO3. The Bertz CT molecular complexity index is 365. The zero-order valence-corrected chi connectivity index (χ0v) is 8.95. The third-order valence-corrected chi connectivity index (χ3v) is 2.59. The molecule has 0 aromatic heterocycles. The van der Waals surface area contributed by atoms with Gasteiger partial charge in [-0.25, -0.2) is 0 Å². The van der Waals surface area contributed by atoms with Crippen molar-refractivity contribution in [1.82, 2.24) is 0 Å². The van der Waals surface area contributed by atoms with Crippen LogP contribution in [-0.2, 0) is 0 Å². The van der Waals surface area contributed by atoms with Crippen molar-refractivity contribution in [1.29, 1.82) is 0 Å². The third-order valence-electron chi connectivity index (χ3n) is 2.59. The second kappa shape index (κ2) is 3.98. The molecule has 0 amide bonds. The van der Waals surface area contributed by atoms with E-state index in [1.807, 2.05) is 12.1 Å². The molecule has 4 heteroatoms. The molecule has 4 nitrogen and oxygen atoms in total. The lowest BCUT2D eigenvalue weighted by molar-refractivity contribution is 0.173. The molecule has 82 valence electrons. The van der Waals surface area contributed by atoms with Crippen LogP contribution in [0.25, 0.3) is 0 Å². The first-order valence-corrected chi connectivity index (χ1v) is 4.94. The zero-order valence-electron chi connectivity index (χ0n) is 8.95. The monoisotopic (exact) mass is 209 g/mol. The van der Waals surface area contributed by atoms with Crippen molar-refractivity contribution in [2.75, 3.05) is 20.4 Å². The third kappa shape index (κ3) is 1.72. The quantitative estimate of drug-likeness (QED) is 0.819. The van der Waals surface area contributed by atoms with Crippen molar-refractivity contribution in [2.45, 2.75) is 12.8 Å². The van der Waals surface area contributed by atoms with Crippen LogP contribution in [0, 0.1) is 0 Å². The second-order valence-corrected chi connectivity index (χ2v) is 3.59. The highest BCUT2D eigenvalue weighted by Crippen LogP contribution is 2.42. The lowest BCUT2D eigenvalue weighted by Crippen LogP contribution is -2.09. The highest BCUT2D eigenvalue weighted by atomic mass is 16.7. The van der Waals surface area contributed by atoms with Crippen molar-refractivity contribution >= 4 is 0 Å². The normalized spacial score (nSPS) is 15.1. The van der Waals surface area contributed by atoms with Crippen LogP contribution in [-0.4, -0.2) is 20.4 Å². The minimum absolute atomic E-state index is 0.232. The van der Waals surface area contributed by atoms with E-state index in [0.717, 1.165) is 22.8 Å². The smallest absolute Gasteiger partial charge is 0.231 e. The molecule has 1 aromatic carbocycles. The molecule has 1 aromatic rings. The number of fused-ring (bicyclic) bond motifs is 1. The molecule has 15 heavy (non-hydrogen) atoms. The molecule has 1 heterocycles. The van der Waals surface area contributed by atoms with Gasteiger partial charge in [-0.2, -0.15) is 0 Å². The Kier molecular flexibility index (Phi) is 2.68. The van der Waals surface area contributed by atoms with E-state index in [4.69, 9.17) is 19.9 Å². The van der Waals surface area contributed by atoms with E-state index in [1.165, 1.54) is 0 Å². The number of rotatable bonds is 3. The first-order chi connectivity index (χ1) is 7.26. The van der Waals surface area contributed by atoms with Crippen LogP contribution in [0.15, 0.2) is 12.1 Å². The van der Waals surface area contributed by atoms with Crippen molar-refractivity contribution < 1.29 is 14.2 Å². The fourth-order valence-corrected chi connectivity index (χ4v) is 1.62. The van der Waals surface area contributed by atoms with Gasteiger partial charge in [0.05, 0.1) is 7.11 Å². The van der Waals surface area contributed by atoms with E-state index in [1.54, 1.807) is 7.11 Å². The van der Waals surface area contributed by atoms with Gasteiger partial charge in [-0.05, 0) is 18.5 Å². The van der Waals surface area contributed by atoms with E-state index < -0.39 is 0 Å². The van der Waals surface area contributed by atoms with Gasteiger partial charge in [0.15, 0.2) is 11.5 Å². The summed E-state index contributed by atoms with van der Waals surface area (Å²) in [5.41, 5.74) is 6.70. The van der Waals surface area contributed by atoms with E-state index in [2.05, 4.69) is 6.92 Å². The Morgan fingerprint density at radius 3 is 2.93 bits per heavy atom. The molecular weight excluding hydrogens is 194 g/mol. The molecule has 0 aliphatic carbocycles. The number of nitrogens with two attached hydrogens (primary N) is 1. The Morgan fingerprint density at radius 1 is 1.47 bits per heavy atom. The molecule has 1 atom stereocenters. The van der Waals surface area contributed by atoms with Crippen LogP contribution < -0.4 is 19.9 Å². The van der Waals surface area contributed by atoms with Gasteiger partial charge in [-0.15, -0.1) is 0 Å². The molecule has 0 spiro atoms. The van der Waals surface area contributed by atoms with Crippen LogP contribution in [0.1, 0.15) is 18.4 Å². The van der Waals surface area contributed by atoms with E-state index in [0.29, 0.717) is 6.54 Å². The van der Waals surface area contributed by atoms with E-state index >= 15 is 0 Å². The summed E-state index contributed by atoms with van der Waals surface area (Å²) >= 11 is 0. The van der Waals surface area contributed by atoms with Gasteiger partial charge in [-0.1, -0.05) is 6.92 Å². The summed E-state index contributed by atoms with van der Waals surface area (Å²) < 4.78 is 16.0. The lowest BCUT2D eigenvalue weighted by atomic mass is 9.99. The maximum absolute atomic E-state index is 5.65. The molecule has 2 N–H and O–H groups in total. The fraction of sp³-hybridized carbons (Fsp3) is 0.455. The fourth-order valence-electron chi connectivity index (χ4n) is 1.62. The summed E-state index contributed by atoms with van der Waals surface area (Å²) in [6.07, 6.45) is 0. The van der Waals surface area contributed by atoms with Crippen LogP contribution in [0.5, 0.6) is 17.2 Å². The average Bonchev–Trinajstić information content (AvgIpc) is 2.74. The van der Waals surface area contributed by atoms with Gasteiger partial charge in [0.1, 0.15) is 5.75 Å². The van der Waals surface area contributed by atoms with Crippen LogP contribution in [0.2, 0.25) is 0 Å². The first-order valence-electron chi connectivity index (χ1n) is 4.94. The summed E-state index contributed by atoms with van der Waals surface area (Å²) in [5, 5.41) is 0. The standard InChI is InChI=1S/C11H15NO3/c1-7(5-12)9-3-8(13-2)4-10-11(9)15-6-14-10/h3-4,7H,5-6,12H2,1-2H3. The summed E-state index contributed by atoms with van der Waals surface area (Å²) in [5.74, 6) is 2.54.